The van der Waals surface area contributed by atoms with Crippen molar-refractivity contribution in [1.29, 1.82) is 0 Å². The summed E-state index contributed by atoms with van der Waals surface area (Å²) in [6, 6.07) is 8.13. The molecule has 4 amide bonds. The zero-order valence-corrected chi connectivity index (χ0v) is 18.0. The Labute approximate surface area is 192 Å². The Morgan fingerprint density at radius 2 is 1.82 bits per heavy atom. The lowest BCUT2D eigenvalue weighted by atomic mass is 9.81. The highest BCUT2D eigenvalue weighted by atomic mass is 32.2. The van der Waals surface area contributed by atoms with Crippen LogP contribution in [0.1, 0.15) is 16.8 Å². The Morgan fingerprint density at radius 1 is 1.12 bits per heavy atom. The number of carboxylic acid groups (broad SMARTS) is 1. The third-order valence-corrected chi connectivity index (χ3v) is 7.34. The molecule has 10 nitrogen and oxygen atoms in total. The van der Waals surface area contributed by atoms with Crippen molar-refractivity contribution in [3.05, 3.63) is 65.0 Å². The van der Waals surface area contributed by atoms with Gasteiger partial charge >= 0.3 is 12.0 Å². The van der Waals surface area contributed by atoms with E-state index in [1.54, 1.807) is 36.7 Å². The molecule has 0 radical (unpaired) electrons. The molecule has 0 aliphatic carbocycles. The summed E-state index contributed by atoms with van der Waals surface area (Å²) in [7, 11) is 0. The monoisotopic (exact) mass is 465 g/mol. The van der Waals surface area contributed by atoms with E-state index in [0.717, 1.165) is 4.90 Å². The van der Waals surface area contributed by atoms with E-state index >= 15 is 0 Å². The first-order valence-corrected chi connectivity index (χ1v) is 11.0. The van der Waals surface area contributed by atoms with Crippen LogP contribution in [0.3, 0.4) is 0 Å². The normalized spacial score (nSPS) is 23.2. The van der Waals surface area contributed by atoms with E-state index in [2.05, 4.69) is 10.3 Å². The topological polar surface area (TPSA) is 146 Å². The molecule has 0 bridgehead atoms. The van der Waals surface area contributed by atoms with Gasteiger partial charge in [-0.05, 0) is 42.8 Å². The molecule has 3 aliphatic rings. The number of thioether (sulfide) groups is 1. The Balaban J connectivity index is 1.36. The highest BCUT2D eigenvalue weighted by Gasteiger charge is 2.64. The number of carboxylic acids is 1. The maximum Gasteiger partial charge on any atom is 0.353 e. The van der Waals surface area contributed by atoms with E-state index in [0.29, 0.717) is 29.1 Å². The minimum Gasteiger partial charge on any atom is -0.477 e. The number of piperidine rings is 1. The third-order valence-electron chi connectivity index (χ3n) is 6.11. The molecule has 2 aromatic rings. The molecule has 3 atom stereocenters. The van der Waals surface area contributed by atoms with Crippen LogP contribution in [0.2, 0.25) is 0 Å². The zero-order chi connectivity index (χ0) is 23.3. The van der Waals surface area contributed by atoms with Crippen LogP contribution in [0.25, 0.3) is 0 Å². The molecule has 0 saturated carbocycles. The maximum atomic E-state index is 13.0. The second kappa shape index (κ2) is 7.93. The number of nitrogens with zero attached hydrogens (tertiary/aromatic N) is 3. The van der Waals surface area contributed by atoms with Crippen molar-refractivity contribution in [2.45, 2.75) is 23.4 Å². The molecule has 3 aliphatic heterocycles. The fourth-order valence-corrected chi connectivity index (χ4v) is 5.85. The van der Waals surface area contributed by atoms with Gasteiger partial charge in [-0.3, -0.25) is 19.5 Å². The number of pyridine rings is 1. The number of urea groups is 1. The van der Waals surface area contributed by atoms with Gasteiger partial charge in [0, 0.05) is 45.9 Å². The largest absolute Gasteiger partial charge is 0.477 e. The molecule has 1 aromatic carbocycles. The molecular formula is C22H19N5O5S. The molecule has 2 saturated heterocycles. The van der Waals surface area contributed by atoms with Crippen molar-refractivity contribution in [3.63, 3.8) is 0 Å². The molecular weight excluding hydrogens is 446 g/mol. The smallest absolute Gasteiger partial charge is 0.353 e. The number of anilines is 1. The third kappa shape index (κ3) is 3.41. The van der Waals surface area contributed by atoms with E-state index in [4.69, 9.17) is 5.73 Å². The van der Waals surface area contributed by atoms with E-state index in [-0.39, 0.29) is 11.6 Å². The van der Waals surface area contributed by atoms with Gasteiger partial charge in [-0.15, -0.1) is 0 Å². The summed E-state index contributed by atoms with van der Waals surface area (Å²) in [5.74, 6) is -2.28. The fraction of sp³-hybridized carbons (Fsp3) is 0.227. The van der Waals surface area contributed by atoms with Crippen LogP contribution in [0.5, 0.6) is 0 Å². The van der Waals surface area contributed by atoms with Gasteiger partial charge in [0.2, 0.25) is 5.91 Å². The van der Waals surface area contributed by atoms with Crippen LogP contribution in [0, 0.1) is 5.92 Å². The van der Waals surface area contributed by atoms with Gasteiger partial charge in [0.1, 0.15) is 11.7 Å². The molecule has 2 fully saturated rings. The van der Waals surface area contributed by atoms with Crippen LogP contribution >= 0.6 is 11.8 Å². The Hall–Kier alpha value is -3.86. The van der Waals surface area contributed by atoms with Crippen molar-refractivity contribution in [1.82, 2.24) is 14.8 Å². The van der Waals surface area contributed by atoms with E-state index < -0.39 is 35.9 Å². The molecule has 33 heavy (non-hydrogen) atoms. The zero-order valence-electron chi connectivity index (χ0n) is 17.2. The number of nitrogens with two attached hydrogens (primary N) is 1. The number of carbonyl (C=O) groups excluding carboxylic acids is 3. The molecule has 11 heteroatoms. The predicted octanol–water partition coefficient (Wildman–Crippen LogP) is 1.72. The number of aliphatic carboxylic acids is 1. The molecule has 1 aromatic heterocycles. The molecule has 168 valence electrons. The van der Waals surface area contributed by atoms with Crippen LogP contribution < -0.4 is 11.1 Å². The summed E-state index contributed by atoms with van der Waals surface area (Å²) in [6.45, 7) is 0.309. The van der Waals surface area contributed by atoms with Crippen molar-refractivity contribution >= 4 is 41.3 Å². The van der Waals surface area contributed by atoms with Gasteiger partial charge in [0.15, 0.2) is 0 Å². The van der Waals surface area contributed by atoms with Gasteiger partial charge in [0.25, 0.3) is 5.91 Å². The highest BCUT2D eigenvalue weighted by Crippen LogP contribution is 2.53. The van der Waals surface area contributed by atoms with Crippen molar-refractivity contribution in [2.24, 2.45) is 11.7 Å². The highest BCUT2D eigenvalue weighted by molar-refractivity contribution is 8.03. The minimum absolute atomic E-state index is 0.00244. The summed E-state index contributed by atoms with van der Waals surface area (Å²) in [4.78, 5) is 57.5. The van der Waals surface area contributed by atoms with Crippen molar-refractivity contribution in [3.8, 4) is 0 Å². The lowest BCUT2D eigenvalue weighted by Gasteiger charge is -2.53. The number of carbonyl (C=O) groups is 4. The van der Waals surface area contributed by atoms with Crippen LogP contribution in [0.15, 0.2) is 64.3 Å². The van der Waals surface area contributed by atoms with E-state index in [1.165, 1.54) is 33.7 Å². The number of β-lactam (4-membered cyclic amide) rings is 1. The van der Waals surface area contributed by atoms with Crippen molar-refractivity contribution < 1.29 is 24.3 Å². The molecule has 4 heterocycles. The standard InChI is InChI=1S/C22H19N5O5S/c23-19(28)11-1-3-12(4-2-11)25-22(32)26-10-7-14-15-16(26)20(29)27(15)17(21(30)31)18(14)33-13-5-8-24-9-6-13/h1-6,8-9,14-16H,7,10H2,(H2,23,28)(H,25,32)(H,30,31)/t14?,15-,16+/m1/s1. The quantitative estimate of drug-likeness (QED) is 0.570. The minimum atomic E-state index is -1.15. The van der Waals surface area contributed by atoms with Gasteiger partial charge < -0.3 is 21.1 Å². The van der Waals surface area contributed by atoms with Gasteiger partial charge in [0.05, 0.1) is 6.04 Å². The molecule has 0 spiro atoms. The number of hydrogen-bond acceptors (Lipinski definition) is 6. The average Bonchev–Trinajstić information content (AvgIpc) is 3.12. The summed E-state index contributed by atoms with van der Waals surface area (Å²) < 4.78 is 0. The van der Waals surface area contributed by atoms with Gasteiger partial charge in [-0.2, -0.15) is 0 Å². The number of likely N-dealkylation sites (tertiary alicyclic amines) is 1. The summed E-state index contributed by atoms with van der Waals surface area (Å²) in [5, 5.41) is 12.6. The van der Waals surface area contributed by atoms with Gasteiger partial charge in [-0.1, -0.05) is 11.8 Å². The van der Waals surface area contributed by atoms with Crippen LogP contribution in [-0.4, -0.2) is 62.3 Å². The summed E-state index contributed by atoms with van der Waals surface area (Å²) in [6.07, 6.45) is 3.79. The fourth-order valence-electron chi connectivity index (χ4n) is 4.65. The van der Waals surface area contributed by atoms with E-state index in [1.807, 2.05) is 0 Å². The lowest BCUT2D eigenvalue weighted by molar-refractivity contribution is -0.160. The number of primary amides is 1. The second-order valence-electron chi connectivity index (χ2n) is 7.91. The number of hydrogen-bond donors (Lipinski definition) is 3. The maximum absolute atomic E-state index is 13.0. The summed E-state index contributed by atoms with van der Waals surface area (Å²) >= 11 is 1.33. The summed E-state index contributed by atoms with van der Waals surface area (Å²) in [5.41, 5.74) is 6.01. The number of benzene rings is 1. The SMILES string of the molecule is NC(=O)c1ccc(NC(=O)N2CCC3C(Sc4ccncc4)=C(C(=O)O)N4C(=O)[C@@H]2[C@@H]34)cc1. The predicted molar refractivity (Wildman–Crippen MR) is 118 cm³/mol. The second-order valence-corrected chi connectivity index (χ2v) is 9.02. The Kier molecular flexibility index (Phi) is 5.05. The molecule has 4 N–H and O–H groups in total. The first-order valence-electron chi connectivity index (χ1n) is 10.2. The lowest BCUT2D eigenvalue weighted by Crippen LogP contribution is -2.74. The first kappa shape index (κ1) is 21.0. The Morgan fingerprint density at radius 3 is 2.45 bits per heavy atom. The Bertz CT molecular complexity index is 1200. The number of rotatable bonds is 5. The van der Waals surface area contributed by atoms with E-state index in [9.17, 15) is 24.3 Å². The van der Waals surface area contributed by atoms with Gasteiger partial charge in [-0.25, -0.2) is 9.59 Å². The number of aromatic nitrogens is 1. The van der Waals surface area contributed by atoms with Crippen molar-refractivity contribution in [2.75, 3.05) is 11.9 Å². The van der Waals surface area contributed by atoms with Crippen LogP contribution in [-0.2, 0) is 9.59 Å². The average molecular weight is 465 g/mol. The number of amides is 4. The molecule has 5 rings (SSSR count). The van der Waals surface area contributed by atoms with Crippen LogP contribution in [0.4, 0.5) is 10.5 Å². The molecule has 1 unspecified atom stereocenters. The first-order chi connectivity index (χ1) is 15.9. The number of nitrogens with one attached hydrogen (secondary N) is 1.